The average Bonchev–Trinajstić information content (AvgIpc) is 2.51. The van der Waals surface area contributed by atoms with Crippen molar-refractivity contribution in [2.75, 3.05) is 0 Å². The van der Waals surface area contributed by atoms with Crippen LogP contribution in [-0.4, -0.2) is 9.55 Å². The van der Waals surface area contributed by atoms with Crippen LogP contribution in [0.2, 0.25) is 0 Å². The molecule has 0 fully saturated rings. The molecule has 4 nitrogen and oxygen atoms in total. The van der Waals surface area contributed by atoms with Gasteiger partial charge in [-0.15, -0.1) is 0 Å². The number of hydrogen-bond acceptors (Lipinski definition) is 3. The second kappa shape index (κ2) is 4.98. The second-order valence-corrected chi connectivity index (χ2v) is 4.37. The van der Waals surface area contributed by atoms with Crippen molar-refractivity contribution in [2.24, 2.45) is 0 Å². The lowest BCUT2D eigenvalue weighted by molar-refractivity contribution is 0.787. The number of nitriles is 1. The molecule has 0 aliphatic carbocycles. The van der Waals surface area contributed by atoms with Crippen molar-refractivity contribution >= 4 is 10.9 Å². The van der Waals surface area contributed by atoms with Gasteiger partial charge < -0.3 is 0 Å². The largest absolute Gasteiger partial charge is 0.278 e. The average molecular weight is 261 g/mol. The fourth-order valence-corrected chi connectivity index (χ4v) is 2.19. The van der Waals surface area contributed by atoms with Gasteiger partial charge in [-0.2, -0.15) is 5.26 Å². The van der Waals surface area contributed by atoms with Gasteiger partial charge in [-0.05, 0) is 12.1 Å². The number of aromatic nitrogens is 2. The zero-order chi connectivity index (χ0) is 13.9. The molecular weight excluding hydrogens is 250 g/mol. The third-order valence-corrected chi connectivity index (χ3v) is 3.12. The molecule has 0 radical (unpaired) electrons. The van der Waals surface area contributed by atoms with Crippen molar-refractivity contribution < 1.29 is 0 Å². The van der Waals surface area contributed by atoms with Gasteiger partial charge in [-0.25, -0.2) is 4.98 Å². The monoisotopic (exact) mass is 261 g/mol. The summed E-state index contributed by atoms with van der Waals surface area (Å²) in [5.74, 6) is 0.524. The Bertz CT molecular complexity index is 860. The first-order valence-corrected chi connectivity index (χ1v) is 6.23. The molecular formula is C16H11N3O. The highest BCUT2D eigenvalue weighted by Crippen LogP contribution is 2.18. The number of nitrogens with zero attached hydrogens (tertiary/aromatic N) is 3. The van der Waals surface area contributed by atoms with E-state index in [1.807, 2.05) is 42.5 Å². The normalized spacial score (nSPS) is 10.3. The molecule has 0 unspecified atom stereocenters. The summed E-state index contributed by atoms with van der Waals surface area (Å²) in [6.07, 6.45) is 0. The van der Waals surface area contributed by atoms with Crippen molar-refractivity contribution in [1.82, 2.24) is 9.55 Å². The van der Waals surface area contributed by atoms with Gasteiger partial charge in [0.05, 0.1) is 17.0 Å². The van der Waals surface area contributed by atoms with Gasteiger partial charge in [0.15, 0.2) is 0 Å². The Kier molecular flexibility index (Phi) is 3.02. The lowest BCUT2D eigenvalue weighted by Gasteiger charge is -2.10. The zero-order valence-corrected chi connectivity index (χ0v) is 10.7. The summed E-state index contributed by atoms with van der Waals surface area (Å²) >= 11 is 0. The molecule has 0 spiro atoms. The van der Waals surface area contributed by atoms with Crippen LogP contribution in [0, 0.1) is 11.3 Å². The van der Waals surface area contributed by atoms with Crippen molar-refractivity contribution in [2.45, 2.75) is 6.54 Å². The fraction of sp³-hybridized carbons (Fsp3) is 0.0625. The van der Waals surface area contributed by atoms with Gasteiger partial charge in [0.2, 0.25) is 0 Å². The Hall–Kier alpha value is -2.93. The van der Waals surface area contributed by atoms with Crippen LogP contribution in [0.25, 0.3) is 22.3 Å². The summed E-state index contributed by atoms with van der Waals surface area (Å²) in [7, 11) is 0. The van der Waals surface area contributed by atoms with E-state index in [1.54, 1.807) is 18.2 Å². The number of hydrogen-bond donors (Lipinski definition) is 0. The molecule has 96 valence electrons. The zero-order valence-electron chi connectivity index (χ0n) is 10.7. The van der Waals surface area contributed by atoms with E-state index >= 15 is 0 Å². The molecule has 3 rings (SSSR count). The SMILES string of the molecule is N#CCn1c(-c2ccccc2)nc2ccccc2c1=O. The Labute approximate surface area is 115 Å². The minimum absolute atomic E-state index is 0.0130. The molecule has 3 aromatic rings. The quantitative estimate of drug-likeness (QED) is 0.712. The van der Waals surface area contributed by atoms with E-state index in [2.05, 4.69) is 4.98 Å². The first-order valence-electron chi connectivity index (χ1n) is 6.23. The highest BCUT2D eigenvalue weighted by atomic mass is 16.1. The number of fused-ring (bicyclic) bond motifs is 1. The summed E-state index contributed by atoms with van der Waals surface area (Å²) in [5.41, 5.74) is 1.28. The molecule has 0 N–H and O–H groups in total. The van der Waals surface area contributed by atoms with Crippen LogP contribution in [0.4, 0.5) is 0 Å². The molecule has 0 aliphatic heterocycles. The maximum atomic E-state index is 12.5. The summed E-state index contributed by atoms with van der Waals surface area (Å²) in [5, 5.41) is 9.48. The highest BCUT2D eigenvalue weighted by molar-refractivity contribution is 5.79. The Morgan fingerprint density at radius 1 is 1.05 bits per heavy atom. The molecule has 4 heteroatoms. The smallest absolute Gasteiger partial charge is 0.262 e. The van der Waals surface area contributed by atoms with E-state index in [9.17, 15) is 4.79 Å². The van der Waals surface area contributed by atoms with E-state index in [-0.39, 0.29) is 12.1 Å². The van der Waals surface area contributed by atoms with Crippen LogP contribution < -0.4 is 5.56 Å². The molecule has 20 heavy (non-hydrogen) atoms. The van der Waals surface area contributed by atoms with Crippen molar-refractivity contribution in [1.29, 1.82) is 5.26 Å². The lowest BCUT2D eigenvalue weighted by atomic mass is 10.2. The van der Waals surface area contributed by atoms with E-state index in [1.165, 1.54) is 4.57 Å². The molecule has 1 heterocycles. The molecule has 0 saturated heterocycles. The third-order valence-electron chi connectivity index (χ3n) is 3.12. The molecule has 0 atom stereocenters. The van der Waals surface area contributed by atoms with Crippen molar-refractivity contribution in [3.63, 3.8) is 0 Å². The van der Waals surface area contributed by atoms with E-state index in [0.717, 1.165) is 5.56 Å². The Morgan fingerprint density at radius 2 is 1.75 bits per heavy atom. The standard InChI is InChI=1S/C16H11N3O/c17-10-11-19-15(12-6-2-1-3-7-12)18-14-9-5-4-8-13(14)16(19)20/h1-9H,11H2. The minimum atomic E-state index is -0.184. The third kappa shape index (κ3) is 1.95. The number of benzene rings is 2. The maximum Gasteiger partial charge on any atom is 0.262 e. The van der Waals surface area contributed by atoms with Crippen LogP contribution in [0.3, 0.4) is 0 Å². The topological polar surface area (TPSA) is 58.7 Å². The van der Waals surface area contributed by atoms with Crippen LogP contribution in [0.15, 0.2) is 59.4 Å². The van der Waals surface area contributed by atoms with Crippen molar-refractivity contribution in [3.05, 3.63) is 65.0 Å². The van der Waals surface area contributed by atoms with E-state index in [4.69, 9.17) is 5.26 Å². The number of rotatable bonds is 2. The fourth-order valence-electron chi connectivity index (χ4n) is 2.19. The Balaban J connectivity index is 2.39. The lowest BCUT2D eigenvalue weighted by Crippen LogP contribution is -2.23. The van der Waals surface area contributed by atoms with Gasteiger partial charge in [0.1, 0.15) is 12.4 Å². The van der Waals surface area contributed by atoms with Gasteiger partial charge >= 0.3 is 0 Å². The molecule has 0 aliphatic rings. The van der Waals surface area contributed by atoms with Gasteiger partial charge in [-0.3, -0.25) is 9.36 Å². The van der Waals surface area contributed by atoms with Crippen LogP contribution in [-0.2, 0) is 6.54 Å². The molecule has 0 saturated carbocycles. The summed E-state index contributed by atoms with van der Waals surface area (Å²) in [6.45, 7) is -0.0130. The number of para-hydroxylation sites is 1. The minimum Gasteiger partial charge on any atom is -0.278 e. The van der Waals surface area contributed by atoms with Gasteiger partial charge in [-0.1, -0.05) is 42.5 Å². The van der Waals surface area contributed by atoms with Crippen molar-refractivity contribution in [3.8, 4) is 17.5 Å². The van der Waals surface area contributed by atoms with Gasteiger partial charge in [0, 0.05) is 5.56 Å². The summed E-state index contributed by atoms with van der Waals surface area (Å²) in [4.78, 5) is 17.0. The predicted molar refractivity (Wildman–Crippen MR) is 77.1 cm³/mol. The van der Waals surface area contributed by atoms with E-state index in [0.29, 0.717) is 16.7 Å². The highest BCUT2D eigenvalue weighted by Gasteiger charge is 2.11. The summed E-state index contributed by atoms with van der Waals surface area (Å²) in [6, 6.07) is 18.6. The first-order chi connectivity index (χ1) is 9.81. The molecule has 2 aromatic carbocycles. The molecule has 1 aromatic heterocycles. The Morgan fingerprint density at radius 3 is 2.50 bits per heavy atom. The van der Waals surface area contributed by atoms with Crippen LogP contribution in [0.5, 0.6) is 0 Å². The van der Waals surface area contributed by atoms with Gasteiger partial charge in [0.25, 0.3) is 5.56 Å². The maximum absolute atomic E-state index is 12.5. The molecule has 0 amide bonds. The predicted octanol–water partition coefficient (Wildman–Crippen LogP) is 2.59. The summed E-state index contributed by atoms with van der Waals surface area (Å²) < 4.78 is 1.41. The second-order valence-electron chi connectivity index (χ2n) is 4.37. The van der Waals surface area contributed by atoms with Crippen LogP contribution >= 0.6 is 0 Å². The van der Waals surface area contributed by atoms with E-state index < -0.39 is 0 Å². The first kappa shape index (κ1) is 12.1. The van der Waals surface area contributed by atoms with Crippen LogP contribution in [0.1, 0.15) is 0 Å². The molecule has 0 bridgehead atoms.